The molecular weight excluding hydrogens is 488 g/mol. The summed E-state index contributed by atoms with van der Waals surface area (Å²) >= 11 is 0. The quantitative estimate of drug-likeness (QED) is 0.367. The van der Waals surface area contributed by atoms with E-state index < -0.39 is 0 Å². The monoisotopic (exact) mass is 518 g/mol. The van der Waals surface area contributed by atoms with Gasteiger partial charge in [-0.05, 0) is 74.9 Å². The van der Waals surface area contributed by atoms with Gasteiger partial charge in [0.2, 0.25) is 5.91 Å². The molecule has 3 fully saturated rings. The first-order valence-corrected chi connectivity index (χ1v) is 14.0. The molecule has 0 saturated carbocycles. The van der Waals surface area contributed by atoms with Gasteiger partial charge in [0.05, 0.1) is 23.3 Å². The van der Waals surface area contributed by atoms with Crippen LogP contribution in [0.4, 0.5) is 0 Å². The first-order chi connectivity index (χ1) is 19.3. The van der Waals surface area contributed by atoms with Crippen LogP contribution in [0, 0.1) is 0 Å². The lowest BCUT2D eigenvalue weighted by Gasteiger charge is -2.40. The molecule has 0 aliphatic carbocycles. The smallest absolute Gasteiger partial charge is 0.240 e. The van der Waals surface area contributed by atoms with Crippen molar-refractivity contribution in [2.24, 2.45) is 0 Å². The molecule has 3 aliphatic rings. The number of pyridine rings is 1. The van der Waals surface area contributed by atoms with Crippen molar-refractivity contribution in [3.63, 3.8) is 0 Å². The van der Waals surface area contributed by atoms with Gasteiger partial charge >= 0.3 is 0 Å². The standard InChI is InChI=1S/C30H30N8O/c39-30(25-5-2-11-32-25)37-20-6-7-21(37)16-19(15-20)26-10-14-33-29-27(22-3-1-4-24-23(22)17-34-35-24)28(36-38(26)29)18-8-12-31-13-9-18/h1,3-4,8-10,12-14,17,19-21,25,32H,2,5-7,11,15-16H2,(H,34,35)/t19?,20?,21?,25-/m0/s1. The van der Waals surface area contributed by atoms with Crippen LogP contribution in [-0.2, 0) is 4.79 Å². The number of benzene rings is 1. The van der Waals surface area contributed by atoms with Gasteiger partial charge in [-0.15, -0.1) is 0 Å². The lowest BCUT2D eigenvalue weighted by atomic mass is 9.87. The molecule has 8 rings (SSSR count). The summed E-state index contributed by atoms with van der Waals surface area (Å²) in [6.07, 6.45) is 13.6. The van der Waals surface area contributed by atoms with Crippen LogP contribution in [0.1, 0.15) is 50.1 Å². The molecule has 3 atom stereocenters. The van der Waals surface area contributed by atoms with E-state index in [2.05, 4.69) is 42.0 Å². The molecule has 3 saturated heterocycles. The summed E-state index contributed by atoms with van der Waals surface area (Å²) in [5.41, 5.74) is 6.93. The number of amides is 1. The molecule has 9 heteroatoms. The Balaban J connectivity index is 1.24. The molecule has 2 N–H and O–H groups in total. The average Bonchev–Trinajstić information content (AvgIpc) is 3.78. The van der Waals surface area contributed by atoms with Gasteiger partial charge in [-0.1, -0.05) is 12.1 Å². The van der Waals surface area contributed by atoms with Crippen molar-refractivity contribution < 1.29 is 4.79 Å². The predicted molar refractivity (Wildman–Crippen MR) is 148 cm³/mol. The molecule has 3 aliphatic heterocycles. The number of aromatic amines is 1. The summed E-state index contributed by atoms with van der Waals surface area (Å²) in [4.78, 5) is 24.7. The predicted octanol–water partition coefficient (Wildman–Crippen LogP) is 4.32. The van der Waals surface area contributed by atoms with Gasteiger partial charge in [0.1, 0.15) is 5.69 Å². The molecule has 0 spiro atoms. The zero-order chi connectivity index (χ0) is 25.9. The Bertz CT molecular complexity index is 1670. The van der Waals surface area contributed by atoms with Crippen molar-refractivity contribution in [1.29, 1.82) is 0 Å². The van der Waals surface area contributed by atoms with Gasteiger partial charge in [0.25, 0.3) is 0 Å². The number of nitrogens with zero attached hydrogens (tertiary/aromatic N) is 6. The summed E-state index contributed by atoms with van der Waals surface area (Å²) in [6.45, 7) is 0.950. The molecule has 7 heterocycles. The van der Waals surface area contributed by atoms with Crippen LogP contribution in [0.25, 0.3) is 38.9 Å². The van der Waals surface area contributed by atoms with E-state index in [1.54, 1.807) is 12.4 Å². The molecule has 0 radical (unpaired) electrons. The maximum atomic E-state index is 13.4. The van der Waals surface area contributed by atoms with Gasteiger partial charge in [-0.3, -0.25) is 14.9 Å². The van der Waals surface area contributed by atoms with E-state index in [0.29, 0.717) is 23.9 Å². The number of carbonyl (C=O) groups is 1. The molecule has 1 aromatic carbocycles. The Morgan fingerprint density at radius 2 is 1.82 bits per heavy atom. The minimum atomic E-state index is -0.000457. The Morgan fingerprint density at radius 3 is 2.62 bits per heavy atom. The SMILES string of the molecule is O=C([C@@H]1CCCN1)N1C2CCC1CC(c1ccnc3c(-c4cccc5[nH]ncc45)c(-c4ccncc4)nn13)C2. The number of H-pyrrole nitrogens is 1. The molecule has 4 aromatic heterocycles. The third-order valence-electron chi connectivity index (χ3n) is 9.02. The van der Waals surface area contributed by atoms with Crippen LogP contribution in [0.15, 0.2) is 61.2 Å². The number of fused-ring (bicyclic) bond motifs is 4. The van der Waals surface area contributed by atoms with Crippen molar-refractivity contribution in [3.05, 3.63) is 66.9 Å². The van der Waals surface area contributed by atoms with Crippen LogP contribution in [0.2, 0.25) is 0 Å². The van der Waals surface area contributed by atoms with Crippen LogP contribution < -0.4 is 5.32 Å². The van der Waals surface area contributed by atoms with Crippen LogP contribution in [0.5, 0.6) is 0 Å². The zero-order valence-electron chi connectivity index (χ0n) is 21.6. The van der Waals surface area contributed by atoms with Crippen LogP contribution >= 0.6 is 0 Å². The Labute approximate surface area is 225 Å². The maximum Gasteiger partial charge on any atom is 0.240 e. The Kier molecular flexibility index (Phi) is 5.26. The van der Waals surface area contributed by atoms with E-state index in [1.165, 1.54) is 5.69 Å². The van der Waals surface area contributed by atoms with E-state index in [9.17, 15) is 4.79 Å². The Hall–Kier alpha value is -4.11. The van der Waals surface area contributed by atoms with E-state index in [1.807, 2.05) is 36.7 Å². The second kappa shape index (κ2) is 8.98. The first-order valence-electron chi connectivity index (χ1n) is 14.0. The van der Waals surface area contributed by atoms with E-state index in [-0.39, 0.29) is 6.04 Å². The third-order valence-corrected chi connectivity index (χ3v) is 9.02. The topological polar surface area (TPSA) is 104 Å². The van der Waals surface area contributed by atoms with Crippen molar-refractivity contribution >= 4 is 22.5 Å². The molecule has 1 amide bonds. The number of piperidine rings is 1. The van der Waals surface area contributed by atoms with E-state index in [0.717, 1.165) is 84.0 Å². The average molecular weight is 519 g/mol. The number of hydrogen-bond donors (Lipinski definition) is 2. The molecule has 5 aromatic rings. The van der Waals surface area contributed by atoms with E-state index >= 15 is 0 Å². The van der Waals surface area contributed by atoms with Crippen molar-refractivity contribution in [2.45, 2.75) is 62.6 Å². The second-order valence-electron chi connectivity index (χ2n) is 11.1. The van der Waals surface area contributed by atoms with Gasteiger partial charge in [-0.2, -0.15) is 10.2 Å². The fourth-order valence-electron chi connectivity index (χ4n) is 7.27. The minimum absolute atomic E-state index is 0.000457. The zero-order valence-corrected chi connectivity index (χ0v) is 21.6. The number of hydrogen-bond acceptors (Lipinski definition) is 6. The molecule has 2 unspecified atom stereocenters. The van der Waals surface area contributed by atoms with Gasteiger partial charge in [0.15, 0.2) is 5.65 Å². The number of carbonyl (C=O) groups excluding carboxylic acids is 1. The molecule has 9 nitrogen and oxygen atoms in total. The van der Waals surface area contributed by atoms with Gasteiger partial charge in [-0.25, -0.2) is 9.50 Å². The summed E-state index contributed by atoms with van der Waals surface area (Å²) in [7, 11) is 0. The first kappa shape index (κ1) is 22.8. The summed E-state index contributed by atoms with van der Waals surface area (Å²) in [5.74, 6) is 0.629. The largest absolute Gasteiger partial charge is 0.335 e. The third kappa shape index (κ3) is 3.60. The van der Waals surface area contributed by atoms with Gasteiger partial charge < -0.3 is 10.2 Å². The highest BCUT2D eigenvalue weighted by Crippen LogP contribution is 2.45. The van der Waals surface area contributed by atoms with Crippen LogP contribution in [-0.4, -0.2) is 65.3 Å². The highest BCUT2D eigenvalue weighted by molar-refractivity contribution is 6.02. The fraction of sp³-hybridized carbons (Fsp3) is 0.367. The number of aromatic nitrogens is 6. The molecular formula is C30H30N8O. The number of rotatable bonds is 4. The Morgan fingerprint density at radius 1 is 0.974 bits per heavy atom. The molecule has 39 heavy (non-hydrogen) atoms. The maximum absolute atomic E-state index is 13.4. The summed E-state index contributed by atoms with van der Waals surface area (Å²) in [6, 6.07) is 12.9. The highest BCUT2D eigenvalue weighted by Gasteiger charge is 2.46. The lowest BCUT2D eigenvalue weighted by molar-refractivity contribution is -0.137. The van der Waals surface area contributed by atoms with Crippen molar-refractivity contribution in [2.75, 3.05) is 6.54 Å². The lowest BCUT2D eigenvalue weighted by Crippen LogP contribution is -2.52. The fourth-order valence-corrected chi connectivity index (χ4v) is 7.27. The van der Waals surface area contributed by atoms with Crippen molar-refractivity contribution in [1.82, 2.24) is 40.0 Å². The summed E-state index contributed by atoms with van der Waals surface area (Å²) < 4.78 is 2.06. The van der Waals surface area contributed by atoms with Gasteiger partial charge in [0, 0.05) is 53.2 Å². The van der Waals surface area contributed by atoms with Crippen molar-refractivity contribution in [3.8, 4) is 22.4 Å². The number of nitrogens with one attached hydrogen (secondary N) is 2. The minimum Gasteiger partial charge on any atom is -0.335 e. The highest BCUT2D eigenvalue weighted by atomic mass is 16.2. The normalized spacial score (nSPS) is 24.7. The van der Waals surface area contributed by atoms with E-state index in [4.69, 9.17) is 10.1 Å². The summed E-state index contributed by atoms with van der Waals surface area (Å²) in [5, 5.41) is 17.1. The second-order valence-corrected chi connectivity index (χ2v) is 11.1. The molecule has 2 bridgehead atoms. The van der Waals surface area contributed by atoms with Crippen LogP contribution in [0.3, 0.4) is 0 Å². The molecule has 196 valence electrons.